The van der Waals surface area contributed by atoms with Crippen molar-refractivity contribution in [2.45, 2.75) is 6.61 Å². The molecule has 152 valence electrons. The Morgan fingerprint density at radius 1 is 0.933 bits per heavy atom. The molecule has 0 saturated carbocycles. The maximum Gasteiger partial charge on any atom is 0.277 e. The first-order valence-electron chi connectivity index (χ1n) is 9.06. The summed E-state index contributed by atoms with van der Waals surface area (Å²) in [6.45, 7) is 0.223. The lowest BCUT2D eigenvalue weighted by atomic mass is 10.2. The fraction of sp³-hybridized carbons (Fsp3) is 0.0909. The normalized spacial score (nSPS) is 10.5. The molecule has 0 unspecified atom stereocenters. The van der Waals surface area contributed by atoms with Crippen LogP contribution in [0.5, 0.6) is 11.5 Å². The lowest BCUT2D eigenvalue weighted by Gasteiger charge is -2.06. The van der Waals surface area contributed by atoms with E-state index in [9.17, 15) is 14.9 Å². The smallest absolute Gasteiger partial charge is 0.277 e. The summed E-state index contributed by atoms with van der Waals surface area (Å²) in [7, 11) is 0. The Bertz CT molecular complexity index is 1000. The predicted octanol–water partition coefficient (Wildman–Crippen LogP) is 3.70. The zero-order valence-electron chi connectivity index (χ0n) is 15.9. The van der Waals surface area contributed by atoms with E-state index in [0.29, 0.717) is 12.4 Å². The van der Waals surface area contributed by atoms with Crippen LogP contribution in [0.1, 0.15) is 11.1 Å². The molecule has 0 fully saturated rings. The van der Waals surface area contributed by atoms with Gasteiger partial charge in [-0.1, -0.05) is 30.3 Å². The quantitative estimate of drug-likeness (QED) is 0.332. The molecular weight excluding hydrogens is 386 g/mol. The Hall–Kier alpha value is -4.20. The summed E-state index contributed by atoms with van der Waals surface area (Å²) in [6.07, 6.45) is 1.50. The van der Waals surface area contributed by atoms with Gasteiger partial charge in [0.1, 0.15) is 18.1 Å². The number of benzene rings is 3. The molecule has 0 aliphatic carbocycles. The number of nitrogens with one attached hydrogen (secondary N) is 1. The van der Waals surface area contributed by atoms with E-state index in [1.54, 1.807) is 0 Å². The maximum atomic E-state index is 11.8. The van der Waals surface area contributed by atoms with E-state index in [2.05, 4.69) is 10.5 Å². The minimum atomic E-state index is -0.507. The predicted molar refractivity (Wildman–Crippen MR) is 112 cm³/mol. The van der Waals surface area contributed by atoms with Gasteiger partial charge in [-0.05, 0) is 47.5 Å². The van der Waals surface area contributed by atoms with Gasteiger partial charge in [-0.25, -0.2) is 5.43 Å². The third-order valence-corrected chi connectivity index (χ3v) is 3.95. The van der Waals surface area contributed by atoms with Crippen LogP contribution in [0.2, 0.25) is 0 Å². The number of nitro benzene ring substituents is 1. The number of nitrogens with zero attached hydrogens (tertiary/aromatic N) is 2. The van der Waals surface area contributed by atoms with Crippen LogP contribution in [0.4, 0.5) is 5.69 Å². The van der Waals surface area contributed by atoms with E-state index >= 15 is 0 Å². The molecule has 1 N–H and O–H groups in total. The van der Waals surface area contributed by atoms with Crippen molar-refractivity contribution in [3.8, 4) is 11.5 Å². The first kappa shape index (κ1) is 20.5. The largest absolute Gasteiger partial charge is 0.489 e. The Labute approximate surface area is 172 Å². The van der Waals surface area contributed by atoms with Crippen LogP contribution in [0.3, 0.4) is 0 Å². The second-order valence-corrected chi connectivity index (χ2v) is 6.18. The molecular formula is C22H19N3O5. The van der Waals surface area contributed by atoms with Crippen LogP contribution in [-0.4, -0.2) is 23.7 Å². The molecule has 0 aliphatic rings. The number of hydrogen-bond acceptors (Lipinski definition) is 6. The summed E-state index contributed by atoms with van der Waals surface area (Å²) in [4.78, 5) is 21.9. The van der Waals surface area contributed by atoms with Gasteiger partial charge in [0, 0.05) is 12.1 Å². The molecule has 3 rings (SSSR count). The molecule has 0 heterocycles. The third kappa shape index (κ3) is 6.45. The molecule has 0 radical (unpaired) electrons. The van der Waals surface area contributed by atoms with Crippen molar-refractivity contribution < 1.29 is 19.2 Å². The molecule has 0 saturated heterocycles. The summed E-state index contributed by atoms with van der Waals surface area (Å²) >= 11 is 0. The minimum Gasteiger partial charge on any atom is -0.489 e. The number of hydrazone groups is 1. The first-order chi connectivity index (χ1) is 14.6. The number of non-ortho nitro benzene ring substituents is 1. The van der Waals surface area contributed by atoms with Crippen LogP contribution in [-0.2, 0) is 11.4 Å². The van der Waals surface area contributed by atoms with Gasteiger partial charge in [0.25, 0.3) is 11.6 Å². The van der Waals surface area contributed by atoms with Crippen LogP contribution in [0, 0.1) is 10.1 Å². The van der Waals surface area contributed by atoms with Gasteiger partial charge in [-0.2, -0.15) is 5.10 Å². The van der Waals surface area contributed by atoms with E-state index in [0.717, 1.165) is 16.9 Å². The molecule has 0 aromatic heterocycles. The van der Waals surface area contributed by atoms with Crippen molar-refractivity contribution in [1.29, 1.82) is 0 Å². The average molecular weight is 405 g/mol. The standard InChI is InChI=1S/C22H19N3O5/c26-22(16-30-21-12-8-19(9-13-21)25(27)28)24-23-14-17-6-10-20(11-7-17)29-15-18-4-2-1-3-5-18/h1-14H,15-16H2,(H,24,26)/b23-14+. The summed E-state index contributed by atoms with van der Waals surface area (Å²) in [5.41, 5.74) is 4.19. The number of ether oxygens (including phenoxy) is 2. The Morgan fingerprint density at radius 3 is 2.23 bits per heavy atom. The second kappa shape index (κ2) is 10.4. The molecule has 3 aromatic carbocycles. The van der Waals surface area contributed by atoms with Crippen molar-refractivity contribution in [1.82, 2.24) is 5.43 Å². The van der Waals surface area contributed by atoms with E-state index in [-0.39, 0.29) is 12.3 Å². The van der Waals surface area contributed by atoms with Gasteiger partial charge in [0.05, 0.1) is 11.1 Å². The molecule has 1 amide bonds. The molecule has 30 heavy (non-hydrogen) atoms. The SMILES string of the molecule is O=C(COc1ccc([N+](=O)[O-])cc1)N/N=C/c1ccc(OCc2ccccc2)cc1. The molecule has 0 aliphatic heterocycles. The number of carbonyl (C=O) groups excluding carboxylic acids is 1. The second-order valence-electron chi connectivity index (χ2n) is 6.18. The highest BCUT2D eigenvalue weighted by molar-refractivity contribution is 5.83. The first-order valence-corrected chi connectivity index (χ1v) is 9.06. The number of amides is 1. The van der Waals surface area contributed by atoms with Crippen LogP contribution in [0.15, 0.2) is 84.0 Å². The number of rotatable bonds is 9. The number of carbonyl (C=O) groups is 1. The summed E-state index contributed by atoms with van der Waals surface area (Å²) in [5.74, 6) is 0.634. The Kier molecular flexibility index (Phi) is 7.10. The van der Waals surface area contributed by atoms with Gasteiger partial charge in [0.2, 0.25) is 0 Å². The van der Waals surface area contributed by atoms with E-state index in [1.807, 2.05) is 54.6 Å². The molecule has 8 heteroatoms. The molecule has 0 bridgehead atoms. The van der Waals surface area contributed by atoms with Crippen molar-refractivity contribution in [2.24, 2.45) is 5.10 Å². The summed E-state index contributed by atoms with van der Waals surface area (Å²) in [5, 5.41) is 14.5. The van der Waals surface area contributed by atoms with E-state index in [1.165, 1.54) is 30.5 Å². The van der Waals surface area contributed by atoms with Crippen molar-refractivity contribution in [3.05, 3.63) is 100 Å². The monoisotopic (exact) mass is 405 g/mol. The van der Waals surface area contributed by atoms with Crippen molar-refractivity contribution >= 4 is 17.8 Å². The topological polar surface area (TPSA) is 103 Å². The average Bonchev–Trinajstić information content (AvgIpc) is 2.78. The fourth-order valence-corrected chi connectivity index (χ4v) is 2.42. The van der Waals surface area contributed by atoms with Gasteiger partial charge in [-0.15, -0.1) is 0 Å². The summed E-state index contributed by atoms with van der Waals surface area (Å²) in [6, 6.07) is 22.6. The highest BCUT2D eigenvalue weighted by Gasteiger charge is 2.06. The van der Waals surface area contributed by atoms with Crippen LogP contribution < -0.4 is 14.9 Å². The van der Waals surface area contributed by atoms with Gasteiger partial charge in [0.15, 0.2) is 6.61 Å². The van der Waals surface area contributed by atoms with Gasteiger partial charge >= 0.3 is 0 Å². The lowest BCUT2D eigenvalue weighted by Crippen LogP contribution is -2.24. The molecule has 0 atom stereocenters. The molecule has 3 aromatic rings. The molecule has 0 spiro atoms. The van der Waals surface area contributed by atoms with E-state index < -0.39 is 10.8 Å². The van der Waals surface area contributed by atoms with Crippen LogP contribution in [0.25, 0.3) is 0 Å². The zero-order chi connectivity index (χ0) is 21.2. The minimum absolute atomic E-state index is 0.0483. The number of nitro groups is 1. The highest BCUT2D eigenvalue weighted by Crippen LogP contribution is 2.17. The van der Waals surface area contributed by atoms with Gasteiger partial charge in [-0.3, -0.25) is 14.9 Å². The van der Waals surface area contributed by atoms with Crippen molar-refractivity contribution in [3.63, 3.8) is 0 Å². The van der Waals surface area contributed by atoms with Gasteiger partial charge < -0.3 is 9.47 Å². The van der Waals surface area contributed by atoms with Crippen molar-refractivity contribution in [2.75, 3.05) is 6.61 Å². The zero-order valence-corrected chi connectivity index (χ0v) is 15.9. The lowest BCUT2D eigenvalue weighted by molar-refractivity contribution is -0.384. The van der Waals surface area contributed by atoms with E-state index in [4.69, 9.17) is 9.47 Å². The molecule has 8 nitrogen and oxygen atoms in total. The summed E-state index contributed by atoms with van der Waals surface area (Å²) < 4.78 is 11.0. The Balaban J connectivity index is 1.40. The highest BCUT2D eigenvalue weighted by atomic mass is 16.6. The number of hydrogen-bond donors (Lipinski definition) is 1. The maximum absolute atomic E-state index is 11.8. The van der Waals surface area contributed by atoms with Crippen LogP contribution >= 0.6 is 0 Å². The fourth-order valence-electron chi connectivity index (χ4n) is 2.42. The third-order valence-electron chi connectivity index (χ3n) is 3.95. The Morgan fingerprint density at radius 2 is 1.57 bits per heavy atom.